The molecule has 0 spiro atoms. The lowest BCUT2D eigenvalue weighted by molar-refractivity contribution is -0.138. The maximum absolute atomic E-state index is 13.3. The minimum absolute atomic E-state index is 0.0533. The minimum Gasteiger partial charge on any atom is -0.457 e. The van der Waals surface area contributed by atoms with E-state index in [1.54, 1.807) is 29.2 Å². The zero-order chi connectivity index (χ0) is 22.7. The van der Waals surface area contributed by atoms with Crippen LogP contribution in [0.15, 0.2) is 54.6 Å². The van der Waals surface area contributed by atoms with Crippen LogP contribution in [0, 0.1) is 5.92 Å². The predicted octanol–water partition coefficient (Wildman–Crippen LogP) is 3.19. The van der Waals surface area contributed by atoms with Crippen molar-refractivity contribution in [1.82, 2.24) is 10.2 Å². The molecule has 0 saturated carbocycles. The van der Waals surface area contributed by atoms with Crippen molar-refractivity contribution >= 4 is 17.6 Å². The lowest BCUT2D eigenvalue weighted by Gasteiger charge is -2.28. The Labute approximate surface area is 187 Å². The Bertz CT molecular complexity index is 974. The lowest BCUT2D eigenvalue weighted by atomic mass is 10.0. The predicted molar refractivity (Wildman–Crippen MR) is 119 cm³/mol. The van der Waals surface area contributed by atoms with Gasteiger partial charge in [-0.15, -0.1) is 0 Å². The summed E-state index contributed by atoms with van der Waals surface area (Å²) in [6, 6.07) is 15.0. The average Bonchev–Trinajstić information content (AvgIpc) is 3.37. The molecule has 7 nitrogen and oxygen atoms in total. The van der Waals surface area contributed by atoms with Crippen LogP contribution in [0.4, 0.5) is 0 Å². The van der Waals surface area contributed by atoms with E-state index in [0.29, 0.717) is 36.4 Å². The molecule has 168 valence electrons. The van der Waals surface area contributed by atoms with Gasteiger partial charge in [-0.05, 0) is 55.2 Å². The van der Waals surface area contributed by atoms with Crippen molar-refractivity contribution in [2.45, 2.75) is 44.9 Å². The second-order valence-electron chi connectivity index (χ2n) is 8.68. The van der Waals surface area contributed by atoms with Crippen molar-refractivity contribution < 1.29 is 23.9 Å². The summed E-state index contributed by atoms with van der Waals surface area (Å²) in [6.45, 7) is 4.52. The summed E-state index contributed by atoms with van der Waals surface area (Å²) in [5, 5.41) is 2.88. The van der Waals surface area contributed by atoms with Crippen LogP contribution in [0.1, 0.15) is 37.0 Å². The molecule has 2 fully saturated rings. The van der Waals surface area contributed by atoms with Gasteiger partial charge in [0, 0.05) is 12.1 Å². The fourth-order valence-electron chi connectivity index (χ4n) is 4.28. The van der Waals surface area contributed by atoms with E-state index in [-0.39, 0.29) is 36.2 Å². The van der Waals surface area contributed by atoms with E-state index >= 15 is 0 Å². The average molecular weight is 437 g/mol. The molecule has 4 rings (SSSR count). The van der Waals surface area contributed by atoms with E-state index in [0.717, 1.165) is 0 Å². The number of ketones is 1. The molecule has 1 N–H and O–H groups in total. The summed E-state index contributed by atoms with van der Waals surface area (Å²) >= 11 is 0. The number of para-hydroxylation sites is 1. The van der Waals surface area contributed by atoms with Crippen molar-refractivity contribution in [1.29, 1.82) is 0 Å². The summed E-state index contributed by atoms with van der Waals surface area (Å²) in [5.74, 6) is 0.902. The minimum atomic E-state index is -0.699. The smallest absolute Gasteiger partial charge is 0.251 e. The summed E-state index contributed by atoms with van der Waals surface area (Å²) in [7, 11) is 0. The number of hydrogen-bond donors (Lipinski definition) is 1. The normalized spacial score (nSPS) is 20.8. The summed E-state index contributed by atoms with van der Waals surface area (Å²) in [5.41, 5.74) is 0.437. The van der Waals surface area contributed by atoms with E-state index in [1.807, 2.05) is 44.2 Å². The van der Waals surface area contributed by atoms with Gasteiger partial charge in [0.2, 0.25) is 5.91 Å². The van der Waals surface area contributed by atoms with E-state index in [1.165, 1.54) is 0 Å². The van der Waals surface area contributed by atoms with Gasteiger partial charge in [-0.3, -0.25) is 14.4 Å². The number of amides is 2. The van der Waals surface area contributed by atoms with Crippen LogP contribution in [0.2, 0.25) is 0 Å². The number of fused-ring (bicyclic) bond motifs is 1. The van der Waals surface area contributed by atoms with Crippen LogP contribution in [0.25, 0.3) is 0 Å². The molecule has 3 atom stereocenters. The van der Waals surface area contributed by atoms with E-state index in [9.17, 15) is 14.4 Å². The van der Waals surface area contributed by atoms with Crippen molar-refractivity contribution in [2.75, 3.05) is 13.2 Å². The molecule has 0 aliphatic carbocycles. The maximum Gasteiger partial charge on any atom is 0.251 e. The highest BCUT2D eigenvalue weighted by Gasteiger charge is 2.48. The third-order valence-corrected chi connectivity index (χ3v) is 5.80. The van der Waals surface area contributed by atoms with Gasteiger partial charge < -0.3 is 19.7 Å². The monoisotopic (exact) mass is 436 g/mol. The zero-order valence-electron chi connectivity index (χ0n) is 18.3. The molecule has 0 radical (unpaired) electrons. The highest BCUT2D eigenvalue weighted by Crippen LogP contribution is 2.28. The Hall–Kier alpha value is -3.19. The number of Topliss-reactive ketones (excluding diaryl/α,β-unsaturated/α-hetero) is 1. The number of benzene rings is 2. The Morgan fingerprint density at radius 3 is 2.47 bits per heavy atom. The van der Waals surface area contributed by atoms with Crippen molar-refractivity contribution in [2.24, 2.45) is 5.92 Å². The van der Waals surface area contributed by atoms with Crippen LogP contribution in [0.5, 0.6) is 11.5 Å². The molecule has 2 saturated heterocycles. The van der Waals surface area contributed by atoms with E-state index < -0.39 is 12.1 Å². The summed E-state index contributed by atoms with van der Waals surface area (Å²) in [6.07, 6.45) is 0.912. The summed E-state index contributed by atoms with van der Waals surface area (Å²) < 4.78 is 11.3. The highest BCUT2D eigenvalue weighted by molar-refractivity contribution is 5.99. The maximum atomic E-state index is 13.3. The van der Waals surface area contributed by atoms with Gasteiger partial charge in [-0.2, -0.15) is 0 Å². The zero-order valence-corrected chi connectivity index (χ0v) is 18.3. The van der Waals surface area contributed by atoms with Crippen LogP contribution < -0.4 is 10.1 Å². The van der Waals surface area contributed by atoms with Crippen LogP contribution in [-0.2, 0) is 14.3 Å². The van der Waals surface area contributed by atoms with E-state index in [2.05, 4.69) is 5.32 Å². The molecule has 0 aromatic heterocycles. The Morgan fingerprint density at radius 2 is 1.78 bits per heavy atom. The lowest BCUT2D eigenvalue weighted by Crippen LogP contribution is -2.52. The molecule has 7 heteroatoms. The van der Waals surface area contributed by atoms with Gasteiger partial charge in [0.15, 0.2) is 5.78 Å². The molecule has 2 aromatic carbocycles. The van der Waals surface area contributed by atoms with Gasteiger partial charge >= 0.3 is 0 Å². The number of carbonyl (C=O) groups is 3. The Morgan fingerprint density at radius 1 is 1.09 bits per heavy atom. The molecule has 2 aliphatic rings. The van der Waals surface area contributed by atoms with Gasteiger partial charge in [0.1, 0.15) is 30.2 Å². The number of carbonyl (C=O) groups excluding carboxylic acids is 3. The fourth-order valence-corrected chi connectivity index (χ4v) is 4.28. The molecule has 2 amide bonds. The summed E-state index contributed by atoms with van der Waals surface area (Å²) in [4.78, 5) is 40.0. The first-order valence-corrected chi connectivity index (χ1v) is 11.0. The second kappa shape index (κ2) is 9.53. The number of nitrogens with one attached hydrogen (secondary N) is 1. The molecule has 2 heterocycles. The Balaban J connectivity index is 1.43. The number of ether oxygens (including phenoxy) is 2. The first-order valence-electron chi connectivity index (χ1n) is 11.0. The number of rotatable bonds is 7. The molecule has 0 bridgehead atoms. The highest BCUT2D eigenvalue weighted by atomic mass is 16.5. The van der Waals surface area contributed by atoms with Gasteiger partial charge in [-0.1, -0.05) is 32.0 Å². The largest absolute Gasteiger partial charge is 0.457 e. The van der Waals surface area contributed by atoms with Gasteiger partial charge in [0.25, 0.3) is 5.91 Å². The number of hydrogen-bond acceptors (Lipinski definition) is 5. The molecule has 32 heavy (non-hydrogen) atoms. The number of likely N-dealkylation sites (tertiary alicyclic amines) is 1. The topological polar surface area (TPSA) is 84.9 Å². The third kappa shape index (κ3) is 4.83. The SMILES string of the molecule is CC(C)C[C@H](NC(=O)c1ccc(Oc2ccccc2)cc1)C(=O)N1CCC2OCC(=O)C21. The third-order valence-electron chi connectivity index (χ3n) is 5.80. The van der Waals surface area contributed by atoms with Gasteiger partial charge in [0.05, 0.1) is 6.10 Å². The molecular formula is C25H28N2O5. The fraction of sp³-hybridized carbons (Fsp3) is 0.400. The van der Waals surface area contributed by atoms with Crippen LogP contribution >= 0.6 is 0 Å². The first-order chi connectivity index (χ1) is 15.4. The second-order valence-corrected chi connectivity index (χ2v) is 8.68. The molecule has 2 unspecified atom stereocenters. The quantitative estimate of drug-likeness (QED) is 0.721. The number of nitrogens with zero attached hydrogens (tertiary/aromatic N) is 1. The molecule has 2 aromatic rings. The van der Waals surface area contributed by atoms with Gasteiger partial charge in [-0.25, -0.2) is 0 Å². The van der Waals surface area contributed by atoms with Crippen LogP contribution in [0.3, 0.4) is 0 Å². The first kappa shape index (κ1) is 22.0. The molecular weight excluding hydrogens is 408 g/mol. The van der Waals surface area contributed by atoms with Crippen molar-refractivity contribution in [3.8, 4) is 11.5 Å². The molecule has 2 aliphatic heterocycles. The van der Waals surface area contributed by atoms with Crippen molar-refractivity contribution in [3.63, 3.8) is 0 Å². The van der Waals surface area contributed by atoms with Crippen molar-refractivity contribution in [3.05, 3.63) is 60.2 Å². The standard InChI is InChI=1S/C25H28N2O5/c1-16(2)14-20(25(30)27-13-12-22-23(27)21(28)15-31-22)26-24(29)17-8-10-19(11-9-17)32-18-6-4-3-5-7-18/h3-11,16,20,22-23H,12-15H2,1-2H3,(H,26,29)/t20-,22?,23?/m0/s1. The Kier molecular flexibility index (Phi) is 6.55. The van der Waals surface area contributed by atoms with E-state index in [4.69, 9.17) is 9.47 Å². The van der Waals surface area contributed by atoms with Crippen LogP contribution in [-0.4, -0.2) is 53.8 Å².